The van der Waals surface area contributed by atoms with Crippen LogP contribution in [-0.2, 0) is 0 Å². The second-order valence-electron chi connectivity index (χ2n) is 4.23. The Morgan fingerprint density at radius 3 is 3.20 bits per heavy atom. The molecule has 82 valence electrons. The molecule has 0 aliphatic carbocycles. The van der Waals surface area contributed by atoms with E-state index in [1.165, 1.54) is 19.5 Å². The van der Waals surface area contributed by atoms with Crippen LogP contribution in [0.15, 0.2) is 18.3 Å². The molecule has 1 unspecified atom stereocenters. The molecule has 1 aromatic rings. The zero-order chi connectivity index (χ0) is 10.7. The van der Waals surface area contributed by atoms with Crippen molar-refractivity contribution in [1.82, 2.24) is 9.88 Å². The topological polar surface area (TPSA) is 54.2 Å². The first-order valence-electron chi connectivity index (χ1n) is 5.38. The molecule has 2 heterocycles. The van der Waals surface area contributed by atoms with Crippen LogP contribution in [0.25, 0.3) is 0 Å². The maximum absolute atomic E-state index is 5.75. The molecule has 0 radical (unpaired) electrons. The molecule has 1 aliphatic rings. The third-order valence-corrected chi connectivity index (χ3v) is 2.91. The first kappa shape index (κ1) is 10.2. The summed E-state index contributed by atoms with van der Waals surface area (Å²) < 4.78 is 0. The van der Waals surface area contributed by atoms with E-state index in [-0.39, 0.29) is 0 Å². The first-order chi connectivity index (χ1) is 7.25. The van der Waals surface area contributed by atoms with Gasteiger partial charge in [0.1, 0.15) is 5.82 Å². The van der Waals surface area contributed by atoms with Gasteiger partial charge in [-0.25, -0.2) is 4.98 Å². The van der Waals surface area contributed by atoms with E-state index in [0.717, 1.165) is 18.2 Å². The average Bonchev–Trinajstić information content (AvgIpc) is 2.63. The van der Waals surface area contributed by atoms with Crippen LogP contribution >= 0.6 is 0 Å². The monoisotopic (exact) mass is 206 g/mol. The number of nitrogens with one attached hydrogen (secondary N) is 1. The number of nitrogen functional groups attached to an aromatic ring is 1. The number of rotatable bonds is 3. The molecule has 1 saturated heterocycles. The highest BCUT2D eigenvalue weighted by Crippen LogP contribution is 2.18. The highest BCUT2D eigenvalue weighted by molar-refractivity contribution is 5.60. The molecule has 15 heavy (non-hydrogen) atoms. The van der Waals surface area contributed by atoms with Gasteiger partial charge in [0.05, 0.1) is 5.69 Å². The Morgan fingerprint density at radius 2 is 2.53 bits per heavy atom. The summed E-state index contributed by atoms with van der Waals surface area (Å²) in [4.78, 5) is 6.40. The lowest BCUT2D eigenvalue weighted by atomic mass is 10.1. The SMILES string of the molecule is CN1CCC(CNc2cccnc2N)C1. The molecule has 3 N–H and O–H groups in total. The van der Waals surface area contributed by atoms with Gasteiger partial charge in [-0.05, 0) is 38.1 Å². The van der Waals surface area contributed by atoms with Gasteiger partial charge in [0, 0.05) is 19.3 Å². The summed E-state index contributed by atoms with van der Waals surface area (Å²) in [5.41, 5.74) is 6.70. The van der Waals surface area contributed by atoms with Crippen LogP contribution in [0, 0.1) is 5.92 Å². The van der Waals surface area contributed by atoms with Gasteiger partial charge in [-0.2, -0.15) is 0 Å². The van der Waals surface area contributed by atoms with Gasteiger partial charge < -0.3 is 16.0 Å². The summed E-state index contributed by atoms with van der Waals surface area (Å²) >= 11 is 0. The Balaban J connectivity index is 1.86. The molecule has 1 aromatic heterocycles. The summed E-state index contributed by atoms with van der Waals surface area (Å²) in [5, 5.41) is 3.36. The van der Waals surface area contributed by atoms with Crippen LogP contribution in [0.5, 0.6) is 0 Å². The van der Waals surface area contributed by atoms with Gasteiger partial charge in [-0.15, -0.1) is 0 Å². The highest BCUT2D eigenvalue weighted by atomic mass is 15.1. The zero-order valence-corrected chi connectivity index (χ0v) is 9.11. The van der Waals surface area contributed by atoms with Crippen molar-refractivity contribution in [3.05, 3.63) is 18.3 Å². The summed E-state index contributed by atoms with van der Waals surface area (Å²) in [6.07, 6.45) is 2.98. The minimum atomic E-state index is 0.587. The van der Waals surface area contributed by atoms with Gasteiger partial charge in [0.25, 0.3) is 0 Å². The summed E-state index contributed by atoms with van der Waals surface area (Å²) in [6.45, 7) is 3.36. The molecule has 1 atom stereocenters. The number of likely N-dealkylation sites (tertiary alicyclic amines) is 1. The van der Waals surface area contributed by atoms with Crippen molar-refractivity contribution in [2.24, 2.45) is 5.92 Å². The molecule has 0 amide bonds. The number of pyridine rings is 1. The number of aromatic nitrogens is 1. The number of nitrogens with two attached hydrogens (primary N) is 1. The molecule has 2 rings (SSSR count). The minimum Gasteiger partial charge on any atom is -0.382 e. The van der Waals surface area contributed by atoms with Gasteiger partial charge >= 0.3 is 0 Å². The van der Waals surface area contributed by atoms with Crippen molar-refractivity contribution in [3.8, 4) is 0 Å². The third kappa shape index (κ3) is 2.59. The Kier molecular flexibility index (Phi) is 3.06. The van der Waals surface area contributed by atoms with Crippen LogP contribution in [-0.4, -0.2) is 36.6 Å². The molecule has 0 spiro atoms. The summed E-state index contributed by atoms with van der Waals surface area (Å²) in [7, 11) is 2.17. The standard InChI is InChI=1S/C11H18N4/c1-15-6-4-9(8-15)7-14-10-3-2-5-13-11(10)12/h2-3,5,9,14H,4,6-8H2,1H3,(H2,12,13). The molecule has 1 aliphatic heterocycles. The Morgan fingerprint density at radius 1 is 1.67 bits per heavy atom. The quantitative estimate of drug-likeness (QED) is 0.775. The van der Waals surface area contributed by atoms with Crippen molar-refractivity contribution < 1.29 is 0 Å². The molecular weight excluding hydrogens is 188 g/mol. The van der Waals surface area contributed by atoms with Crippen molar-refractivity contribution in [2.75, 3.05) is 37.7 Å². The van der Waals surface area contributed by atoms with E-state index in [1.54, 1.807) is 6.20 Å². The molecule has 1 fully saturated rings. The smallest absolute Gasteiger partial charge is 0.146 e. The molecule has 0 aromatic carbocycles. The van der Waals surface area contributed by atoms with Gasteiger partial charge in [0.2, 0.25) is 0 Å². The second-order valence-corrected chi connectivity index (χ2v) is 4.23. The van der Waals surface area contributed by atoms with E-state index < -0.39 is 0 Å². The fourth-order valence-corrected chi connectivity index (χ4v) is 2.01. The predicted octanol–water partition coefficient (Wildman–Crippen LogP) is 1.03. The maximum Gasteiger partial charge on any atom is 0.146 e. The van der Waals surface area contributed by atoms with Gasteiger partial charge in [-0.3, -0.25) is 0 Å². The molecular formula is C11H18N4. The van der Waals surface area contributed by atoms with Crippen LogP contribution in [0.1, 0.15) is 6.42 Å². The normalized spacial score (nSPS) is 21.8. The highest BCUT2D eigenvalue weighted by Gasteiger charge is 2.18. The van der Waals surface area contributed by atoms with Crippen LogP contribution in [0.4, 0.5) is 11.5 Å². The lowest BCUT2D eigenvalue weighted by molar-refractivity contribution is 0.399. The van der Waals surface area contributed by atoms with Crippen molar-refractivity contribution >= 4 is 11.5 Å². The fourth-order valence-electron chi connectivity index (χ4n) is 2.01. The van der Waals surface area contributed by atoms with Gasteiger partial charge in [-0.1, -0.05) is 0 Å². The predicted molar refractivity (Wildman–Crippen MR) is 62.7 cm³/mol. The Bertz CT molecular complexity index is 326. The lowest BCUT2D eigenvalue weighted by Gasteiger charge is -2.13. The molecule has 0 saturated carbocycles. The molecule has 4 nitrogen and oxygen atoms in total. The Labute approximate surface area is 90.5 Å². The molecule has 4 heteroatoms. The first-order valence-corrected chi connectivity index (χ1v) is 5.38. The summed E-state index contributed by atoms with van der Waals surface area (Å²) in [5.74, 6) is 1.32. The van der Waals surface area contributed by atoms with Crippen molar-refractivity contribution in [3.63, 3.8) is 0 Å². The van der Waals surface area contributed by atoms with Crippen LogP contribution in [0.3, 0.4) is 0 Å². The van der Waals surface area contributed by atoms with Crippen molar-refractivity contribution in [1.29, 1.82) is 0 Å². The summed E-state index contributed by atoms with van der Waals surface area (Å²) in [6, 6.07) is 3.88. The number of hydrogen-bond acceptors (Lipinski definition) is 4. The van der Waals surface area contributed by atoms with Crippen molar-refractivity contribution in [2.45, 2.75) is 6.42 Å². The maximum atomic E-state index is 5.75. The second kappa shape index (κ2) is 4.49. The number of hydrogen-bond donors (Lipinski definition) is 2. The third-order valence-electron chi connectivity index (χ3n) is 2.91. The number of anilines is 2. The lowest BCUT2D eigenvalue weighted by Crippen LogP contribution is -2.19. The average molecular weight is 206 g/mol. The largest absolute Gasteiger partial charge is 0.382 e. The zero-order valence-electron chi connectivity index (χ0n) is 9.11. The fraction of sp³-hybridized carbons (Fsp3) is 0.545. The van der Waals surface area contributed by atoms with E-state index in [2.05, 4.69) is 22.2 Å². The van der Waals surface area contributed by atoms with Crippen LogP contribution < -0.4 is 11.1 Å². The van der Waals surface area contributed by atoms with E-state index >= 15 is 0 Å². The Hall–Kier alpha value is -1.29. The van der Waals surface area contributed by atoms with E-state index in [9.17, 15) is 0 Å². The minimum absolute atomic E-state index is 0.587. The molecule has 0 bridgehead atoms. The van der Waals surface area contributed by atoms with E-state index in [1.807, 2.05) is 12.1 Å². The van der Waals surface area contributed by atoms with E-state index in [4.69, 9.17) is 5.73 Å². The van der Waals surface area contributed by atoms with Crippen LogP contribution in [0.2, 0.25) is 0 Å². The van der Waals surface area contributed by atoms with Gasteiger partial charge in [0.15, 0.2) is 0 Å². The number of nitrogens with zero attached hydrogens (tertiary/aromatic N) is 2. The van der Waals surface area contributed by atoms with E-state index in [0.29, 0.717) is 5.82 Å².